The van der Waals surface area contributed by atoms with Crippen molar-refractivity contribution in [1.82, 2.24) is 0 Å². The molecule has 0 fully saturated rings. The molecule has 0 amide bonds. The van der Waals surface area contributed by atoms with E-state index >= 15 is 0 Å². The third kappa shape index (κ3) is 11.6. The van der Waals surface area contributed by atoms with Gasteiger partial charge in [0, 0.05) is 57.6 Å². The quantitative estimate of drug-likeness (QED) is 0.461. The van der Waals surface area contributed by atoms with Gasteiger partial charge < -0.3 is 10.2 Å². The molecule has 0 saturated heterocycles. The SMILES string of the molecule is O=C(O)/C=C/C(=O)O.[Sr]. The summed E-state index contributed by atoms with van der Waals surface area (Å²) in [6.07, 6.45) is 1.12. The van der Waals surface area contributed by atoms with Crippen molar-refractivity contribution in [3.63, 3.8) is 0 Å². The third-order valence-corrected chi connectivity index (χ3v) is 0.368. The van der Waals surface area contributed by atoms with E-state index in [2.05, 4.69) is 0 Å². The standard InChI is InChI=1S/C4H4O4.Sr/c5-3(6)1-2-4(7)8;/h1-2H,(H,5,6)(H,7,8);/b2-1+;. The molecule has 0 aromatic heterocycles. The Labute approximate surface area is 88.4 Å². The first-order chi connectivity index (χ1) is 3.63. The molecule has 0 aliphatic heterocycles. The fraction of sp³-hybridized carbons (Fsp3) is 0. The van der Waals surface area contributed by atoms with Gasteiger partial charge in [0.25, 0.3) is 0 Å². The van der Waals surface area contributed by atoms with Crippen LogP contribution in [-0.4, -0.2) is 67.6 Å². The predicted molar refractivity (Wildman–Crippen MR) is 30.2 cm³/mol. The predicted octanol–water partition coefficient (Wildman–Crippen LogP) is -0.669. The van der Waals surface area contributed by atoms with Crippen LogP contribution in [0.5, 0.6) is 0 Å². The maximum atomic E-state index is 9.55. The van der Waals surface area contributed by atoms with Gasteiger partial charge >= 0.3 is 11.9 Å². The van der Waals surface area contributed by atoms with Crippen molar-refractivity contribution >= 4 is 57.4 Å². The number of carboxylic acids is 2. The van der Waals surface area contributed by atoms with Gasteiger partial charge in [-0.2, -0.15) is 0 Å². The molecule has 9 heavy (non-hydrogen) atoms. The third-order valence-electron chi connectivity index (χ3n) is 0.368. The van der Waals surface area contributed by atoms with E-state index in [4.69, 9.17) is 10.2 Å². The molecule has 2 radical (unpaired) electrons. The number of carboxylic acid groups (broad SMARTS) is 2. The van der Waals surface area contributed by atoms with Crippen LogP contribution >= 0.6 is 0 Å². The molecule has 46 valence electrons. The normalized spacial score (nSPS) is 8.44. The van der Waals surface area contributed by atoms with E-state index in [0.717, 1.165) is 0 Å². The largest absolute Gasteiger partial charge is 0.478 e. The number of aliphatic carboxylic acids is 2. The summed E-state index contributed by atoms with van der Waals surface area (Å²) >= 11 is 0. The fourth-order valence-electron chi connectivity index (χ4n) is 0.143. The minimum atomic E-state index is -1.26. The molecular weight excluding hydrogens is 200 g/mol. The molecule has 5 heteroatoms. The van der Waals surface area contributed by atoms with Crippen LogP contribution in [0.1, 0.15) is 0 Å². The minimum Gasteiger partial charge on any atom is -0.478 e. The zero-order valence-corrected chi connectivity index (χ0v) is 8.05. The van der Waals surface area contributed by atoms with E-state index in [-0.39, 0.29) is 45.5 Å². The Kier molecular flexibility index (Phi) is 8.31. The van der Waals surface area contributed by atoms with Gasteiger partial charge in [-0.15, -0.1) is 0 Å². The Hall–Kier alpha value is 0.161. The molecule has 0 heterocycles. The first kappa shape index (κ1) is 11.9. The Balaban J connectivity index is 0. The Morgan fingerprint density at radius 2 is 1.22 bits per heavy atom. The fourth-order valence-corrected chi connectivity index (χ4v) is 0.143. The van der Waals surface area contributed by atoms with Crippen molar-refractivity contribution < 1.29 is 19.8 Å². The van der Waals surface area contributed by atoms with Gasteiger partial charge in [0.15, 0.2) is 0 Å². The van der Waals surface area contributed by atoms with Gasteiger partial charge in [0.2, 0.25) is 0 Å². The monoisotopic (exact) mass is 204 g/mol. The van der Waals surface area contributed by atoms with Gasteiger partial charge in [-0.3, -0.25) is 0 Å². The summed E-state index contributed by atoms with van der Waals surface area (Å²) in [4.78, 5) is 19.1. The summed E-state index contributed by atoms with van der Waals surface area (Å²) in [5.74, 6) is -2.51. The first-order valence-corrected chi connectivity index (χ1v) is 1.77. The van der Waals surface area contributed by atoms with Crippen LogP contribution in [0.3, 0.4) is 0 Å². The number of rotatable bonds is 2. The average Bonchev–Trinajstić information content (AvgIpc) is 1.61. The van der Waals surface area contributed by atoms with Crippen LogP contribution in [0.25, 0.3) is 0 Å². The van der Waals surface area contributed by atoms with Crippen LogP contribution in [0.15, 0.2) is 12.2 Å². The van der Waals surface area contributed by atoms with Gasteiger partial charge in [-0.25, -0.2) is 9.59 Å². The van der Waals surface area contributed by atoms with Crippen molar-refractivity contribution in [2.24, 2.45) is 0 Å². The summed E-state index contributed by atoms with van der Waals surface area (Å²) in [5, 5.41) is 15.6. The van der Waals surface area contributed by atoms with E-state index in [0.29, 0.717) is 12.2 Å². The van der Waals surface area contributed by atoms with Gasteiger partial charge in [0.05, 0.1) is 0 Å². The molecular formula is C4H4O4Sr. The second-order valence-electron chi connectivity index (χ2n) is 1.01. The molecule has 0 atom stereocenters. The van der Waals surface area contributed by atoms with Gasteiger partial charge in [-0.05, 0) is 0 Å². The van der Waals surface area contributed by atoms with Crippen molar-refractivity contribution in [2.75, 3.05) is 0 Å². The topological polar surface area (TPSA) is 74.6 Å². The van der Waals surface area contributed by atoms with Crippen molar-refractivity contribution in [2.45, 2.75) is 0 Å². The van der Waals surface area contributed by atoms with E-state index in [1.54, 1.807) is 0 Å². The average molecular weight is 204 g/mol. The van der Waals surface area contributed by atoms with Crippen LogP contribution < -0.4 is 0 Å². The molecule has 0 aliphatic carbocycles. The van der Waals surface area contributed by atoms with E-state index in [9.17, 15) is 9.59 Å². The molecule has 0 unspecified atom stereocenters. The second-order valence-corrected chi connectivity index (χ2v) is 1.01. The van der Waals surface area contributed by atoms with E-state index < -0.39 is 11.9 Å². The zero-order valence-electron chi connectivity index (χ0n) is 4.57. The molecule has 0 rings (SSSR count). The summed E-state index contributed by atoms with van der Waals surface area (Å²) in [7, 11) is 0. The maximum absolute atomic E-state index is 9.55. The Morgan fingerprint density at radius 3 is 1.33 bits per heavy atom. The van der Waals surface area contributed by atoms with Crippen LogP contribution in [-0.2, 0) is 9.59 Å². The van der Waals surface area contributed by atoms with Crippen LogP contribution in [0.4, 0.5) is 0 Å². The van der Waals surface area contributed by atoms with Crippen LogP contribution in [0.2, 0.25) is 0 Å². The van der Waals surface area contributed by atoms with Gasteiger partial charge in [-0.1, -0.05) is 0 Å². The maximum Gasteiger partial charge on any atom is 0.328 e. The second kappa shape index (κ2) is 6.28. The number of hydrogen-bond donors (Lipinski definition) is 2. The first-order valence-electron chi connectivity index (χ1n) is 1.77. The van der Waals surface area contributed by atoms with E-state index in [1.165, 1.54) is 0 Å². The summed E-state index contributed by atoms with van der Waals surface area (Å²) < 4.78 is 0. The summed E-state index contributed by atoms with van der Waals surface area (Å²) in [6.45, 7) is 0. The van der Waals surface area contributed by atoms with Crippen molar-refractivity contribution in [3.8, 4) is 0 Å². The van der Waals surface area contributed by atoms with Crippen molar-refractivity contribution in [3.05, 3.63) is 12.2 Å². The number of hydrogen-bond acceptors (Lipinski definition) is 2. The molecule has 0 aromatic carbocycles. The summed E-state index contributed by atoms with van der Waals surface area (Å²) in [5.41, 5.74) is 0. The molecule has 0 saturated carbocycles. The minimum absolute atomic E-state index is 0. The number of carbonyl (C=O) groups is 2. The molecule has 0 aromatic rings. The van der Waals surface area contributed by atoms with E-state index in [1.807, 2.05) is 0 Å². The molecule has 0 bridgehead atoms. The smallest absolute Gasteiger partial charge is 0.328 e. The molecule has 0 spiro atoms. The summed E-state index contributed by atoms with van der Waals surface area (Å²) in [6, 6.07) is 0. The molecule has 4 nitrogen and oxygen atoms in total. The van der Waals surface area contributed by atoms with Gasteiger partial charge in [0.1, 0.15) is 0 Å². The Morgan fingerprint density at radius 1 is 1.00 bits per heavy atom. The zero-order chi connectivity index (χ0) is 6.57. The van der Waals surface area contributed by atoms with Crippen LogP contribution in [0, 0.1) is 0 Å². The molecule has 0 aliphatic rings. The van der Waals surface area contributed by atoms with Crippen molar-refractivity contribution in [1.29, 1.82) is 0 Å². The molecule has 2 N–H and O–H groups in total. The Bertz CT molecular complexity index is 124.